The van der Waals surface area contributed by atoms with E-state index in [1.807, 2.05) is 36.3 Å². The molecule has 0 saturated heterocycles. The van der Waals surface area contributed by atoms with E-state index >= 15 is 0 Å². The second-order valence-corrected chi connectivity index (χ2v) is 2.58. The number of hydrogen-bond acceptors (Lipinski definition) is 1. The second-order valence-electron chi connectivity index (χ2n) is 2.58. The Morgan fingerprint density at radius 1 is 1.18 bits per heavy atom. The van der Waals surface area contributed by atoms with Crippen LogP contribution in [0.15, 0.2) is 36.7 Å². The van der Waals surface area contributed by atoms with Crippen LogP contribution in [0.4, 0.5) is 0 Å². The van der Waals surface area contributed by atoms with Gasteiger partial charge in [0, 0.05) is 10.8 Å². The van der Waals surface area contributed by atoms with Crippen LogP contribution >= 0.6 is 0 Å². The molecule has 0 spiro atoms. The molecule has 0 saturated carbocycles. The number of nitrogens with zero attached hydrogens (tertiary/aromatic N) is 2. The lowest BCUT2D eigenvalue weighted by molar-refractivity contribution is -0.729. The zero-order chi connectivity index (χ0) is 7.68. The normalized spacial score (nSPS) is 10.3. The molecule has 0 aliphatic carbocycles. The minimum Gasteiger partial charge on any atom is -0.0934 e. The zero-order valence-corrected chi connectivity index (χ0v) is 6.36. The number of rotatable bonds is 0. The van der Waals surface area contributed by atoms with Crippen LogP contribution in [0, 0.1) is 0 Å². The number of fused-ring (bicyclic) bond motifs is 1. The molecule has 0 N–H and O–H groups in total. The maximum atomic E-state index is 4.12. The van der Waals surface area contributed by atoms with Crippen molar-refractivity contribution in [3.8, 4) is 0 Å². The van der Waals surface area contributed by atoms with Crippen molar-refractivity contribution >= 4 is 10.8 Å². The molecule has 0 unspecified atom stereocenters. The quantitative estimate of drug-likeness (QED) is 0.506. The number of hydrogen-bond donors (Lipinski definition) is 0. The van der Waals surface area contributed by atoms with Gasteiger partial charge in [0.2, 0.25) is 6.20 Å². The van der Waals surface area contributed by atoms with Gasteiger partial charge in [-0.15, -0.1) is 0 Å². The van der Waals surface area contributed by atoms with Crippen molar-refractivity contribution in [3.05, 3.63) is 36.7 Å². The molecule has 1 heterocycles. The molecule has 0 aliphatic rings. The van der Waals surface area contributed by atoms with Crippen molar-refractivity contribution in [2.75, 3.05) is 0 Å². The van der Waals surface area contributed by atoms with E-state index in [1.165, 1.54) is 10.8 Å². The third-order valence-electron chi connectivity index (χ3n) is 1.70. The van der Waals surface area contributed by atoms with Crippen LogP contribution in [0.3, 0.4) is 0 Å². The standard InChI is InChI=1S/C9H9N2/c1-11-7-9-5-3-2-4-8(9)6-10-11/h2-7H,1H3/q+1. The molecular weight excluding hydrogens is 136 g/mol. The Labute approximate surface area is 65.1 Å². The van der Waals surface area contributed by atoms with E-state index in [-0.39, 0.29) is 0 Å². The van der Waals surface area contributed by atoms with E-state index in [4.69, 9.17) is 0 Å². The first-order chi connectivity index (χ1) is 5.36. The van der Waals surface area contributed by atoms with Crippen molar-refractivity contribution in [2.24, 2.45) is 7.05 Å². The first-order valence-electron chi connectivity index (χ1n) is 3.57. The third-order valence-corrected chi connectivity index (χ3v) is 1.70. The molecule has 0 atom stereocenters. The molecule has 2 aromatic rings. The van der Waals surface area contributed by atoms with Crippen molar-refractivity contribution in [1.82, 2.24) is 5.10 Å². The topological polar surface area (TPSA) is 16.8 Å². The lowest BCUT2D eigenvalue weighted by Gasteiger charge is -1.90. The highest BCUT2D eigenvalue weighted by Gasteiger charge is 1.96. The van der Waals surface area contributed by atoms with Crippen LogP contribution in [0.2, 0.25) is 0 Å². The lowest BCUT2D eigenvalue weighted by atomic mass is 10.2. The van der Waals surface area contributed by atoms with Crippen molar-refractivity contribution in [2.45, 2.75) is 0 Å². The van der Waals surface area contributed by atoms with Gasteiger partial charge in [-0.1, -0.05) is 22.9 Å². The van der Waals surface area contributed by atoms with E-state index < -0.39 is 0 Å². The SMILES string of the molecule is C[n+]1cc2ccccc2cn1. The summed E-state index contributed by atoms with van der Waals surface area (Å²) in [5, 5.41) is 6.54. The summed E-state index contributed by atoms with van der Waals surface area (Å²) in [5.41, 5.74) is 0. The minimum atomic E-state index is 1.19. The molecular formula is C9H9N2+. The molecule has 0 fully saturated rings. The zero-order valence-electron chi connectivity index (χ0n) is 6.36. The number of benzene rings is 1. The Hall–Kier alpha value is -1.44. The fraction of sp³-hybridized carbons (Fsp3) is 0.111. The van der Waals surface area contributed by atoms with Gasteiger partial charge in [0.25, 0.3) is 0 Å². The van der Waals surface area contributed by atoms with E-state index in [1.54, 1.807) is 0 Å². The summed E-state index contributed by atoms with van der Waals surface area (Å²) in [6, 6.07) is 8.19. The molecule has 0 radical (unpaired) electrons. The molecule has 0 bridgehead atoms. The van der Waals surface area contributed by atoms with Crippen LogP contribution in [-0.4, -0.2) is 5.10 Å². The average molecular weight is 145 g/mol. The van der Waals surface area contributed by atoms with Gasteiger partial charge in [-0.05, 0) is 11.2 Å². The maximum Gasteiger partial charge on any atom is 0.203 e. The van der Waals surface area contributed by atoms with Crippen LogP contribution in [0.1, 0.15) is 0 Å². The van der Waals surface area contributed by atoms with Crippen LogP contribution in [0.5, 0.6) is 0 Å². The Kier molecular flexibility index (Phi) is 1.32. The van der Waals surface area contributed by atoms with Crippen LogP contribution in [0.25, 0.3) is 10.8 Å². The van der Waals surface area contributed by atoms with Crippen molar-refractivity contribution in [1.29, 1.82) is 0 Å². The van der Waals surface area contributed by atoms with Crippen LogP contribution < -0.4 is 4.68 Å². The van der Waals surface area contributed by atoms with Crippen LogP contribution in [-0.2, 0) is 7.05 Å². The molecule has 2 nitrogen and oxygen atoms in total. The molecule has 11 heavy (non-hydrogen) atoms. The molecule has 2 rings (SSSR count). The fourth-order valence-electron chi connectivity index (χ4n) is 1.13. The number of aromatic nitrogens is 2. The molecule has 1 aromatic heterocycles. The average Bonchev–Trinajstić information content (AvgIpc) is 2.04. The highest BCUT2D eigenvalue weighted by molar-refractivity contribution is 5.79. The molecule has 2 heteroatoms. The fourth-order valence-corrected chi connectivity index (χ4v) is 1.13. The highest BCUT2D eigenvalue weighted by Crippen LogP contribution is 2.07. The van der Waals surface area contributed by atoms with Gasteiger partial charge in [0.05, 0.1) is 0 Å². The summed E-state index contributed by atoms with van der Waals surface area (Å²) < 4.78 is 1.81. The highest BCUT2D eigenvalue weighted by atomic mass is 15.2. The van der Waals surface area contributed by atoms with E-state index in [0.29, 0.717) is 0 Å². The summed E-state index contributed by atoms with van der Waals surface area (Å²) >= 11 is 0. The van der Waals surface area contributed by atoms with Gasteiger partial charge in [-0.2, -0.15) is 0 Å². The van der Waals surface area contributed by atoms with E-state index in [0.717, 1.165) is 0 Å². The summed E-state index contributed by atoms with van der Waals surface area (Å²) in [4.78, 5) is 0. The Morgan fingerprint density at radius 2 is 1.91 bits per heavy atom. The van der Waals surface area contributed by atoms with Gasteiger partial charge < -0.3 is 0 Å². The molecule has 1 aromatic carbocycles. The summed E-state index contributed by atoms with van der Waals surface area (Å²) in [6.07, 6.45) is 3.88. The van der Waals surface area contributed by atoms with Gasteiger partial charge in [0.1, 0.15) is 6.20 Å². The molecule has 54 valence electrons. The summed E-state index contributed by atoms with van der Waals surface area (Å²) in [6.45, 7) is 0. The molecule has 0 aliphatic heterocycles. The van der Waals surface area contributed by atoms with E-state index in [9.17, 15) is 0 Å². The molecule has 0 amide bonds. The Balaban J connectivity index is 2.83. The van der Waals surface area contributed by atoms with Gasteiger partial charge in [-0.3, -0.25) is 0 Å². The predicted molar refractivity (Wildman–Crippen MR) is 42.9 cm³/mol. The van der Waals surface area contributed by atoms with Crippen molar-refractivity contribution in [3.63, 3.8) is 0 Å². The summed E-state index contributed by atoms with van der Waals surface area (Å²) in [5.74, 6) is 0. The Bertz CT molecular complexity index is 382. The van der Waals surface area contributed by atoms with E-state index in [2.05, 4.69) is 17.2 Å². The maximum absolute atomic E-state index is 4.12. The lowest BCUT2D eigenvalue weighted by Crippen LogP contribution is -2.31. The van der Waals surface area contributed by atoms with Gasteiger partial charge in [0.15, 0.2) is 7.05 Å². The summed E-state index contributed by atoms with van der Waals surface area (Å²) in [7, 11) is 1.92. The first kappa shape index (κ1) is 6.28. The Morgan fingerprint density at radius 3 is 2.73 bits per heavy atom. The smallest absolute Gasteiger partial charge is 0.0934 e. The largest absolute Gasteiger partial charge is 0.203 e. The first-order valence-corrected chi connectivity index (χ1v) is 3.57. The second kappa shape index (κ2) is 2.31. The number of aryl methyl sites for hydroxylation is 1. The van der Waals surface area contributed by atoms with Gasteiger partial charge in [-0.25, -0.2) is 0 Å². The monoisotopic (exact) mass is 145 g/mol. The van der Waals surface area contributed by atoms with Crippen molar-refractivity contribution < 1.29 is 4.68 Å². The predicted octanol–water partition coefficient (Wildman–Crippen LogP) is 1.06. The third kappa shape index (κ3) is 1.07. The van der Waals surface area contributed by atoms with Gasteiger partial charge >= 0.3 is 0 Å². The minimum absolute atomic E-state index is 1.19.